The number of nitro groups is 1. The summed E-state index contributed by atoms with van der Waals surface area (Å²) in [6.45, 7) is 0.836. The first kappa shape index (κ1) is 13.8. The maximum absolute atomic E-state index is 12.7. The van der Waals surface area contributed by atoms with Crippen LogP contribution < -0.4 is 0 Å². The molecule has 0 aromatic heterocycles. The van der Waals surface area contributed by atoms with Crippen molar-refractivity contribution in [2.75, 3.05) is 0 Å². The van der Waals surface area contributed by atoms with Crippen molar-refractivity contribution < 1.29 is 27.7 Å². The van der Waals surface area contributed by atoms with Crippen LogP contribution in [0.15, 0.2) is 12.1 Å². The molecule has 5 nitrogen and oxygen atoms in total. The molecule has 0 radical (unpaired) electrons. The zero-order chi connectivity index (χ0) is 14.1. The Kier molecular flexibility index (Phi) is 3.49. The van der Waals surface area contributed by atoms with Gasteiger partial charge in [0, 0.05) is 23.3 Å². The van der Waals surface area contributed by atoms with Crippen molar-refractivity contribution in [2.45, 2.75) is 13.1 Å². The standard InChI is InChI=1S/C10H6F3NO4/c1-5(16)8-3-7(14(17)18)2-6(4-15)9(8)10(11,12)13/h2-4H,1H3. The third-order valence-electron chi connectivity index (χ3n) is 2.15. The first-order valence-corrected chi connectivity index (χ1v) is 4.54. The van der Waals surface area contributed by atoms with Gasteiger partial charge in [0.1, 0.15) is 0 Å². The molecular formula is C10H6F3NO4. The van der Waals surface area contributed by atoms with Gasteiger partial charge in [-0.25, -0.2) is 0 Å². The van der Waals surface area contributed by atoms with Crippen LogP contribution in [-0.4, -0.2) is 17.0 Å². The van der Waals surface area contributed by atoms with E-state index in [2.05, 4.69) is 0 Å². The number of halogens is 3. The van der Waals surface area contributed by atoms with Gasteiger partial charge in [-0.15, -0.1) is 0 Å². The average Bonchev–Trinajstić information content (AvgIpc) is 2.25. The summed E-state index contributed by atoms with van der Waals surface area (Å²) in [5.41, 5.74) is -4.01. The van der Waals surface area contributed by atoms with Crippen molar-refractivity contribution in [1.29, 1.82) is 0 Å². The maximum atomic E-state index is 12.7. The molecule has 8 heteroatoms. The molecule has 0 spiro atoms. The number of alkyl halides is 3. The third-order valence-corrected chi connectivity index (χ3v) is 2.15. The van der Waals surface area contributed by atoms with E-state index in [9.17, 15) is 32.9 Å². The van der Waals surface area contributed by atoms with Crippen molar-refractivity contribution in [3.8, 4) is 0 Å². The Morgan fingerprint density at radius 3 is 2.28 bits per heavy atom. The fourth-order valence-corrected chi connectivity index (χ4v) is 1.44. The number of aldehydes is 1. The SMILES string of the molecule is CC(=O)c1cc([N+](=O)[O-])cc(C=O)c1C(F)(F)F. The van der Waals surface area contributed by atoms with Gasteiger partial charge >= 0.3 is 6.18 Å². The molecule has 0 unspecified atom stereocenters. The molecule has 0 aliphatic rings. The molecule has 0 bridgehead atoms. The monoisotopic (exact) mass is 261 g/mol. The molecule has 1 rings (SSSR count). The molecule has 0 amide bonds. The molecule has 18 heavy (non-hydrogen) atoms. The number of Topliss-reactive ketones (excluding diaryl/α,β-unsaturated/α-hetero) is 1. The van der Waals surface area contributed by atoms with E-state index in [1.807, 2.05) is 0 Å². The number of rotatable bonds is 3. The van der Waals surface area contributed by atoms with Crippen molar-refractivity contribution >= 4 is 17.8 Å². The largest absolute Gasteiger partial charge is 0.417 e. The molecule has 0 heterocycles. The first-order chi connectivity index (χ1) is 8.18. The summed E-state index contributed by atoms with van der Waals surface area (Å²) in [6, 6.07) is 1.00. The lowest BCUT2D eigenvalue weighted by Gasteiger charge is -2.13. The summed E-state index contributed by atoms with van der Waals surface area (Å²) in [7, 11) is 0. The normalized spacial score (nSPS) is 11.1. The molecule has 1 aromatic carbocycles. The van der Waals surface area contributed by atoms with Crippen molar-refractivity contribution in [2.24, 2.45) is 0 Å². The Bertz CT molecular complexity index is 537. The van der Waals surface area contributed by atoms with Crippen LogP contribution in [-0.2, 0) is 6.18 Å². The highest BCUT2D eigenvalue weighted by Gasteiger charge is 2.38. The highest BCUT2D eigenvalue weighted by atomic mass is 19.4. The zero-order valence-corrected chi connectivity index (χ0v) is 8.95. The summed E-state index contributed by atoms with van der Waals surface area (Å²) in [4.78, 5) is 31.2. The fraction of sp³-hybridized carbons (Fsp3) is 0.200. The molecular weight excluding hydrogens is 255 g/mol. The van der Waals surface area contributed by atoms with E-state index < -0.39 is 39.3 Å². The lowest BCUT2D eigenvalue weighted by Crippen LogP contribution is -2.15. The molecule has 0 fully saturated rings. The topological polar surface area (TPSA) is 77.3 Å². The highest BCUT2D eigenvalue weighted by Crippen LogP contribution is 2.36. The Labute approximate surface area is 98.4 Å². The number of nitro benzene ring substituents is 1. The van der Waals surface area contributed by atoms with E-state index in [1.54, 1.807) is 0 Å². The molecule has 96 valence electrons. The maximum Gasteiger partial charge on any atom is 0.417 e. The number of nitrogens with zero attached hydrogens (tertiary/aromatic N) is 1. The van der Waals surface area contributed by atoms with Gasteiger partial charge in [0.2, 0.25) is 0 Å². The second-order valence-corrected chi connectivity index (χ2v) is 3.39. The van der Waals surface area contributed by atoms with Crippen molar-refractivity contribution in [1.82, 2.24) is 0 Å². The van der Waals surface area contributed by atoms with Gasteiger partial charge in [0.05, 0.1) is 10.5 Å². The summed E-state index contributed by atoms with van der Waals surface area (Å²) in [6.07, 6.45) is -5.10. The quantitative estimate of drug-likeness (QED) is 0.362. The molecule has 0 atom stereocenters. The zero-order valence-electron chi connectivity index (χ0n) is 8.95. The molecule has 0 aliphatic heterocycles. The number of non-ortho nitro benzene ring substituents is 1. The van der Waals surface area contributed by atoms with E-state index in [4.69, 9.17) is 0 Å². The Balaban J connectivity index is 3.73. The number of benzene rings is 1. The van der Waals surface area contributed by atoms with Gasteiger partial charge in [-0.1, -0.05) is 0 Å². The van der Waals surface area contributed by atoms with Crippen LogP contribution in [0.1, 0.15) is 33.2 Å². The lowest BCUT2D eigenvalue weighted by atomic mass is 9.97. The van der Waals surface area contributed by atoms with Crippen molar-refractivity contribution in [3.63, 3.8) is 0 Å². The second kappa shape index (κ2) is 4.55. The van der Waals surface area contributed by atoms with Crippen LogP contribution in [0.2, 0.25) is 0 Å². The predicted molar refractivity (Wildman–Crippen MR) is 53.5 cm³/mol. The van der Waals surface area contributed by atoms with Gasteiger partial charge in [0.15, 0.2) is 12.1 Å². The number of carbonyl (C=O) groups is 2. The number of hydrogen-bond acceptors (Lipinski definition) is 4. The summed E-state index contributed by atoms with van der Waals surface area (Å²) in [5, 5.41) is 10.5. The number of carbonyl (C=O) groups excluding carboxylic acids is 2. The molecule has 0 saturated heterocycles. The lowest BCUT2D eigenvalue weighted by molar-refractivity contribution is -0.384. The summed E-state index contributed by atoms with van der Waals surface area (Å²) >= 11 is 0. The first-order valence-electron chi connectivity index (χ1n) is 4.54. The van der Waals surface area contributed by atoms with Gasteiger partial charge in [-0.3, -0.25) is 19.7 Å². The fourth-order valence-electron chi connectivity index (χ4n) is 1.44. The molecule has 0 aliphatic carbocycles. The van der Waals surface area contributed by atoms with Gasteiger partial charge < -0.3 is 0 Å². The minimum absolute atomic E-state index is 0.164. The minimum atomic E-state index is -4.94. The average molecular weight is 261 g/mol. The van der Waals surface area contributed by atoms with Crippen LogP contribution in [0.3, 0.4) is 0 Å². The van der Waals surface area contributed by atoms with Crippen molar-refractivity contribution in [3.05, 3.63) is 38.9 Å². The summed E-state index contributed by atoms with van der Waals surface area (Å²) < 4.78 is 38.1. The Morgan fingerprint density at radius 2 is 1.94 bits per heavy atom. The molecule has 0 N–H and O–H groups in total. The Morgan fingerprint density at radius 1 is 1.39 bits per heavy atom. The number of ketones is 1. The van der Waals surface area contributed by atoms with E-state index >= 15 is 0 Å². The van der Waals surface area contributed by atoms with E-state index in [1.165, 1.54) is 0 Å². The van der Waals surface area contributed by atoms with Crippen LogP contribution in [0.5, 0.6) is 0 Å². The summed E-state index contributed by atoms with van der Waals surface area (Å²) in [5.74, 6) is -1.01. The van der Waals surface area contributed by atoms with E-state index in [-0.39, 0.29) is 6.29 Å². The molecule has 0 saturated carbocycles. The number of hydrogen-bond donors (Lipinski definition) is 0. The van der Waals surface area contributed by atoms with Crippen LogP contribution in [0.25, 0.3) is 0 Å². The van der Waals surface area contributed by atoms with Gasteiger partial charge in [-0.2, -0.15) is 13.2 Å². The van der Waals surface area contributed by atoms with Crippen LogP contribution in [0, 0.1) is 10.1 Å². The van der Waals surface area contributed by atoms with E-state index in [0.29, 0.717) is 12.1 Å². The minimum Gasteiger partial charge on any atom is -0.298 e. The smallest absolute Gasteiger partial charge is 0.298 e. The third kappa shape index (κ3) is 2.53. The van der Waals surface area contributed by atoms with Crippen LogP contribution >= 0.6 is 0 Å². The van der Waals surface area contributed by atoms with Gasteiger partial charge in [0.25, 0.3) is 5.69 Å². The second-order valence-electron chi connectivity index (χ2n) is 3.39. The van der Waals surface area contributed by atoms with E-state index in [0.717, 1.165) is 6.92 Å². The Hall–Kier alpha value is -2.25. The van der Waals surface area contributed by atoms with Gasteiger partial charge in [-0.05, 0) is 6.92 Å². The predicted octanol–water partition coefficient (Wildman–Crippen LogP) is 2.63. The van der Waals surface area contributed by atoms with Crippen LogP contribution in [0.4, 0.5) is 18.9 Å². The highest BCUT2D eigenvalue weighted by molar-refractivity contribution is 5.99. The molecule has 1 aromatic rings.